The highest BCUT2D eigenvalue weighted by atomic mass is 32.2. The molecule has 0 fully saturated rings. The van der Waals surface area contributed by atoms with Gasteiger partial charge in [-0.25, -0.2) is 0 Å². The van der Waals surface area contributed by atoms with E-state index in [-0.39, 0.29) is 0 Å². The Morgan fingerprint density at radius 2 is 1.75 bits per heavy atom. The molecule has 1 atom stereocenters. The molecule has 0 aromatic heterocycles. The highest BCUT2D eigenvalue weighted by Crippen LogP contribution is 2.33. The van der Waals surface area contributed by atoms with Crippen molar-refractivity contribution in [2.45, 2.75) is 42.5 Å². The van der Waals surface area contributed by atoms with Crippen LogP contribution in [0.3, 0.4) is 0 Å². The maximum absolute atomic E-state index is 10.4. The quantitative estimate of drug-likeness (QED) is 0.472. The number of rotatable bonds is 9. The van der Waals surface area contributed by atoms with Crippen LogP contribution < -0.4 is 4.74 Å². The minimum Gasteiger partial charge on any atom is -0.508 e. The molecular weight excluding hydrogens is 363 g/mol. The molecule has 3 aromatic carbocycles. The van der Waals surface area contributed by atoms with Crippen LogP contribution in [0.1, 0.15) is 24.5 Å². The Morgan fingerprint density at radius 1 is 0.964 bits per heavy atom. The van der Waals surface area contributed by atoms with E-state index in [0.717, 1.165) is 39.5 Å². The fraction of sp³-hybridized carbons (Fsp3) is 0.250. The minimum atomic E-state index is 0.393. The zero-order chi connectivity index (χ0) is 19.8. The summed E-state index contributed by atoms with van der Waals surface area (Å²) in [5, 5.41) is 10.4. The Bertz CT molecular complexity index is 883. The molecule has 1 N–H and O–H groups in total. The van der Waals surface area contributed by atoms with Crippen molar-refractivity contribution in [3.8, 4) is 11.5 Å². The molecule has 3 rings (SSSR count). The number of phenolic OH excluding ortho intramolecular Hbond substituents is 1. The number of hydrogen-bond acceptors (Lipinski definition) is 3. The van der Waals surface area contributed by atoms with Gasteiger partial charge in [-0.1, -0.05) is 73.4 Å². The van der Waals surface area contributed by atoms with Crippen LogP contribution >= 0.6 is 11.8 Å². The lowest BCUT2D eigenvalue weighted by Crippen LogP contribution is -1.96. The molecule has 0 radical (unpaired) electrons. The first-order valence-electron chi connectivity index (χ1n) is 9.90. The van der Waals surface area contributed by atoms with E-state index in [9.17, 15) is 5.11 Å². The number of phenols is 1. The lowest BCUT2D eigenvalue weighted by Gasteiger charge is -2.11. The molecule has 2 nitrogen and oxygen atoms in total. The molecule has 0 spiro atoms. The van der Waals surface area contributed by atoms with Gasteiger partial charge >= 0.3 is 0 Å². The zero-order valence-corrected chi connectivity index (χ0v) is 17.4. The lowest BCUT2D eigenvalue weighted by molar-refractivity contribution is 0.305. The average molecular weight is 390 g/mol. The molecule has 0 aliphatic heterocycles. The monoisotopic (exact) mass is 390 g/mol. The molecule has 0 bridgehead atoms. The van der Waals surface area contributed by atoms with Crippen molar-refractivity contribution in [2.75, 3.05) is 0 Å². The van der Waals surface area contributed by atoms with E-state index in [4.69, 9.17) is 4.74 Å². The van der Waals surface area contributed by atoms with Gasteiger partial charge in [0.2, 0.25) is 0 Å². The number of hydrogen-bond donors (Lipinski definition) is 1. The van der Waals surface area contributed by atoms with Gasteiger partial charge in [0, 0.05) is 9.79 Å². The van der Waals surface area contributed by atoms with Crippen molar-refractivity contribution in [1.29, 1.82) is 0 Å². The molecular formula is C24H27BO2S. The Hall–Kier alpha value is -2.33. The normalized spacial score (nSPS) is 11.9. The van der Waals surface area contributed by atoms with E-state index in [0.29, 0.717) is 18.3 Å². The molecule has 0 heterocycles. The maximum Gasteiger partial charge on any atom is 0.120 e. The molecule has 144 valence electrons. The van der Waals surface area contributed by atoms with Gasteiger partial charge in [0.05, 0.1) is 0 Å². The summed E-state index contributed by atoms with van der Waals surface area (Å²) in [6, 6.07) is 24.3. The summed E-state index contributed by atoms with van der Waals surface area (Å²) in [4.78, 5) is 2.13. The SMILES string of the molecule is BCC(C)CCc1ccc(Sc2cccc(OCc3ccccc3)c2)cc1O. The van der Waals surface area contributed by atoms with Gasteiger partial charge in [0.25, 0.3) is 0 Å². The van der Waals surface area contributed by atoms with Crippen molar-refractivity contribution in [3.05, 3.63) is 83.9 Å². The van der Waals surface area contributed by atoms with E-state index in [1.54, 1.807) is 11.8 Å². The molecule has 0 aliphatic rings. The van der Waals surface area contributed by atoms with Crippen LogP contribution in [0.2, 0.25) is 6.32 Å². The number of aryl methyl sites for hydroxylation is 1. The van der Waals surface area contributed by atoms with E-state index in [1.807, 2.05) is 42.5 Å². The third-order valence-electron chi connectivity index (χ3n) is 4.95. The van der Waals surface area contributed by atoms with Gasteiger partial charge in [0.1, 0.15) is 26.0 Å². The first-order valence-corrected chi connectivity index (χ1v) is 10.7. The summed E-state index contributed by atoms with van der Waals surface area (Å²) < 4.78 is 5.92. The van der Waals surface area contributed by atoms with E-state index in [2.05, 4.69) is 45.1 Å². The minimum absolute atomic E-state index is 0.393. The summed E-state index contributed by atoms with van der Waals surface area (Å²) in [5.41, 5.74) is 2.18. The van der Waals surface area contributed by atoms with Gasteiger partial charge < -0.3 is 9.84 Å². The summed E-state index contributed by atoms with van der Waals surface area (Å²) in [5.74, 6) is 1.93. The highest BCUT2D eigenvalue weighted by molar-refractivity contribution is 7.99. The number of benzene rings is 3. The summed E-state index contributed by atoms with van der Waals surface area (Å²) in [6.07, 6.45) is 3.21. The summed E-state index contributed by atoms with van der Waals surface area (Å²) in [7, 11) is 2.21. The maximum atomic E-state index is 10.4. The Morgan fingerprint density at radius 3 is 2.50 bits per heavy atom. The number of ether oxygens (including phenoxy) is 1. The average Bonchev–Trinajstić information content (AvgIpc) is 2.72. The zero-order valence-electron chi connectivity index (χ0n) is 16.6. The second-order valence-corrected chi connectivity index (χ2v) is 8.34. The van der Waals surface area contributed by atoms with E-state index >= 15 is 0 Å². The van der Waals surface area contributed by atoms with Crippen LogP contribution in [0.5, 0.6) is 11.5 Å². The van der Waals surface area contributed by atoms with E-state index < -0.39 is 0 Å². The molecule has 1 unspecified atom stereocenters. The first-order chi connectivity index (χ1) is 13.6. The second kappa shape index (κ2) is 10.3. The molecule has 3 aromatic rings. The van der Waals surface area contributed by atoms with Crippen LogP contribution in [-0.4, -0.2) is 13.0 Å². The van der Waals surface area contributed by atoms with Crippen molar-refractivity contribution in [2.24, 2.45) is 5.92 Å². The van der Waals surface area contributed by atoms with Gasteiger partial charge in [-0.15, -0.1) is 0 Å². The van der Waals surface area contributed by atoms with Crippen LogP contribution in [0.15, 0.2) is 82.6 Å². The topological polar surface area (TPSA) is 29.5 Å². The summed E-state index contributed by atoms with van der Waals surface area (Å²) in [6.45, 7) is 2.81. The Kier molecular flexibility index (Phi) is 7.50. The van der Waals surface area contributed by atoms with Gasteiger partial charge in [-0.2, -0.15) is 0 Å². The number of aromatic hydroxyl groups is 1. The Balaban J connectivity index is 1.61. The van der Waals surface area contributed by atoms with Gasteiger partial charge in [-0.3, -0.25) is 0 Å². The molecule has 28 heavy (non-hydrogen) atoms. The molecule has 0 saturated carbocycles. The molecule has 0 amide bonds. The molecule has 4 heteroatoms. The van der Waals surface area contributed by atoms with Crippen LogP contribution in [0.4, 0.5) is 0 Å². The smallest absolute Gasteiger partial charge is 0.120 e. The van der Waals surface area contributed by atoms with E-state index in [1.165, 1.54) is 6.32 Å². The third kappa shape index (κ3) is 6.10. The van der Waals surface area contributed by atoms with Crippen LogP contribution in [-0.2, 0) is 13.0 Å². The van der Waals surface area contributed by atoms with Crippen molar-refractivity contribution >= 4 is 19.6 Å². The van der Waals surface area contributed by atoms with Crippen LogP contribution in [0.25, 0.3) is 0 Å². The Labute approximate surface area is 173 Å². The third-order valence-corrected chi connectivity index (χ3v) is 5.93. The second-order valence-electron chi connectivity index (χ2n) is 7.19. The predicted octanol–water partition coefficient (Wildman–Crippen LogP) is 5.74. The van der Waals surface area contributed by atoms with Gasteiger partial charge in [-0.05, 0) is 54.3 Å². The van der Waals surface area contributed by atoms with Crippen molar-refractivity contribution in [3.63, 3.8) is 0 Å². The highest BCUT2D eigenvalue weighted by Gasteiger charge is 2.07. The first kappa shape index (κ1) is 20.4. The van der Waals surface area contributed by atoms with Crippen LogP contribution in [0, 0.1) is 5.92 Å². The molecule has 0 saturated heterocycles. The lowest BCUT2D eigenvalue weighted by atomic mass is 9.88. The molecule has 0 aliphatic carbocycles. The van der Waals surface area contributed by atoms with Crippen molar-refractivity contribution < 1.29 is 9.84 Å². The fourth-order valence-corrected chi connectivity index (χ4v) is 3.83. The van der Waals surface area contributed by atoms with Crippen molar-refractivity contribution in [1.82, 2.24) is 0 Å². The largest absolute Gasteiger partial charge is 0.508 e. The van der Waals surface area contributed by atoms with Gasteiger partial charge in [0.15, 0.2) is 0 Å². The summed E-state index contributed by atoms with van der Waals surface area (Å²) >= 11 is 1.64. The fourth-order valence-electron chi connectivity index (χ4n) is 2.93. The predicted molar refractivity (Wildman–Crippen MR) is 120 cm³/mol. The standard InChI is InChI=1S/C24H27BO2S/c1-18(16-25)10-11-20-12-13-23(15-24(20)26)28-22-9-5-8-21(14-22)27-17-19-6-3-2-4-7-19/h2-9,12-15,18,26H,10-11,16-17,25H2,1H3.